The largest absolute Gasteiger partial charge is 0.393 e. The van der Waals surface area contributed by atoms with E-state index in [4.69, 9.17) is 5.73 Å². The van der Waals surface area contributed by atoms with Crippen LogP contribution in [-0.4, -0.2) is 41.7 Å². The van der Waals surface area contributed by atoms with Crippen LogP contribution in [0.3, 0.4) is 0 Å². The second kappa shape index (κ2) is 5.88. The maximum absolute atomic E-state index is 12.5. The van der Waals surface area contributed by atoms with Crippen LogP contribution in [0.4, 0.5) is 0 Å². The summed E-state index contributed by atoms with van der Waals surface area (Å²) >= 11 is 0. The van der Waals surface area contributed by atoms with Crippen LogP contribution in [0.15, 0.2) is 24.3 Å². The highest BCUT2D eigenvalue weighted by molar-refractivity contribution is 5.94. The van der Waals surface area contributed by atoms with E-state index in [1.165, 1.54) is 0 Å². The maximum Gasteiger partial charge on any atom is 0.253 e. The summed E-state index contributed by atoms with van der Waals surface area (Å²) in [6.07, 6.45) is 1.68. The number of nitrogens with zero attached hydrogens (tertiary/aromatic N) is 1. The van der Waals surface area contributed by atoms with Crippen molar-refractivity contribution in [2.24, 2.45) is 17.6 Å². The number of likely N-dealkylation sites (tertiary alicyclic amines) is 1. The monoisotopic (exact) mass is 284 g/mol. The molecule has 4 nitrogen and oxygen atoms in total. The summed E-state index contributed by atoms with van der Waals surface area (Å²) in [6, 6.07) is 7.32. The van der Waals surface area contributed by atoms with Crippen molar-refractivity contribution < 1.29 is 9.90 Å². The highest BCUT2D eigenvalue weighted by Crippen LogP contribution is 2.38. The smallest absolute Gasteiger partial charge is 0.253 e. The number of nitrogens with two attached hydrogens (primary N) is 1. The van der Waals surface area contributed by atoms with E-state index in [2.05, 4.69) is 11.8 Å². The molecule has 1 aliphatic heterocycles. The van der Waals surface area contributed by atoms with E-state index in [0.29, 0.717) is 24.6 Å². The number of hydrogen-bond acceptors (Lipinski definition) is 3. The molecule has 1 aromatic carbocycles. The standard InChI is InChI=1S/C17H20N2O2/c18-9-1-2-12-3-5-13(6-4-12)17(21)19-10-14-7-8-16(20)15(14)11-19/h3-6,14-16,20H,7-11,18H2. The molecule has 1 aromatic rings. The normalized spacial score (nSPS) is 27.1. The lowest BCUT2D eigenvalue weighted by Gasteiger charge is -2.18. The van der Waals surface area contributed by atoms with Crippen LogP contribution >= 0.6 is 0 Å². The molecule has 21 heavy (non-hydrogen) atoms. The summed E-state index contributed by atoms with van der Waals surface area (Å²) in [7, 11) is 0. The Balaban J connectivity index is 1.68. The molecule has 3 rings (SSSR count). The summed E-state index contributed by atoms with van der Waals surface area (Å²) in [5, 5.41) is 9.92. The average molecular weight is 284 g/mol. The van der Waals surface area contributed by atoms with Crippen molar-refractivity contribution in [2.75, 3.05) is 19.6 Å². The first kappa shape index (κ1) is 14.1. The quantitative estimate of drug-likeness (QED) is 0.751. The summed E-state index contributed by atoms with van der Waals surface area (Å²) in [6.45, 7) is 1.79. The fourth-order valence-electron chi connectivity index (χ4n) is 3.43. The predicted octanol–water partition coefficient (Wildman–Crippen LogP) is 0.840. The Morgan fingerprint density at radius 2 is 2.05 bits per heavy atom. The van der Waals surface area contributed by atoms with Crippen LogP contribution in [0, 0.1) is 23.7 Å². The van der Waals surface area contributed by atoms with E-state index in [0.717, 1.165) is 24.9 Å². The van der Waals surface area contributed by atoms with Gasteiger partial charge in [0.15, 0.2) is 0 Å². The van der Waals surface area contributed by atoms with E-state index < -0.39 is 0 Å². The molecule has 3 atom stereocenters. The molecule has 2 fully saturated rings. The molecule has 0 aromatic heterocycles. The van der Waals surface area contributed by atoms with Gasteiger partial charge in [-0.3, -0.25) is 4.79 Å². The first-order valence-corrected chi connectivity index (χ1v) is 7.45. The fraction of sp³-hybridized carbons (Fsp3) is 0.471. The van der Waals surface area contributed by atoms with Gasteiger partial charge in [-0.05, 0) is 43.0 Å². The molecule has 3 N–H and O–H groups in total. The minimum Gasteiger partial charge on any atom is -0.393 e. The lowest BCUT2D eigenvalue weighted by molar-refractivity contribution is 0.0752. The Labute approximate surface area is 124 Å². The first-order valence-electron chi connectivity index (χ1n) is 7.45. The molecule has 2 aliphatic rings. The van der Waals surface area contributed by atoms with E-state index in [-0.39, 0.29) is 17.9 Å². The minimum absolute atomic E-state index is 0.0509. The average Bonchev–Trinajstić information content (AvgIpc) is 3.07. The molecule has 1 saturated heterocycles. The number of hydrogen-bond donors (Lipinski definition) is 2. The SMILES string of the molecule is NCC#Cc1ccc(C(=O)N2CC3CCC(O)C3C2)cc1. The molecule has 3 unspecified atom stereocenters. The van der Waals surface area contributed by atoms with Gasteiger partial charge < -0.3 is 15.7 Å². The molecule has 0 radical (unpaired) electrons. The zero-order chi connectivity index (χ0) is 14.8. The van der Waals surface area contributed by atoms with E-state index in [1.807, 2.05) is 29.2 Å². The van der Waals surface area contributed by atoms with Crippen LogP contribution in [-0.2, 0) is 0 Å². The number of aliphatic hydroxyl groups excluding tert-OH is 1. The van der Waals surface area contributed by atoms with Crippen molar-refractivity contribution in [2.45, 2.75) is 18.9 Å². The Morgan fingerprint density at radius 3 is 2.71 bits per heavy atom. The lowest BCUT2D eigenvalue weighted by atomic mass is 10.00. The van der Waals surface area contributed by atoms with Crippen molar-refractivity contribution in [1.29, 1.82) is 0 Å². The summed E-state index contributed by atoms with van der Waals surface area (Å²) in [5.41, 5.74) is 6.89. The molecule has 1 aliphatic carbocycles. The summed E-state index contributed by atoms with van der Waals surface area (Å²) in [5.74, 6) is 6.53. The highest BCUT2D eigenvalue weighted by Gasteiger charge is 2.43. The zero-order valence-corrected chi connectivity index (χ0v) is 12.0. The van der Waals surface area contributed by atoms with Gasteiger partial charge in [0.2, 0.25) is 0 Å². The molecule has 1 amide bonds. The number of benzene rings is 1. The maximum atomic E-state index is 12.5. The molecule has 0 bridgehead atoms. The van der Waals surface area contributed by atoms with Gasteiger partial charge in [0, 0.05) is 30.1 Å². The van der Waals surface area contributed by atoms with Gasteiger partial charge in [-0.2, -0.15) is 0 Å². The Kier molecular flexibility index (Phi) is 3.96. The van der Waals surface area contributed by atoms with Gasteiger partial charge >= 0.3 is 0 Å². The first-order chi connectivity index (χ1) is 10.2. The number of rotatable bonds is 1. The van der Waals surface area contributed by atoms with Gasteiger partial charge in [-0.1, -0.05) is 11.8 Å². The molecule has 1 saturated carbocycles. The number of aliphatic hydroxyl groups is 1. The second-order valence-electron chi connectivity index (χ2n) is 5.86. The molecule has 1 heterocycles. The Bertz CT molecular complexity index is 585. The lowest BCUT2D eigenvalue weighted by Crippen LogP contribution is -2.31. The zero-order valence-electron chi connectivity index (χ0n) is 12.0. The Hall–Kier alpha value is -1.83. The second-order valence-corrected chi connectivity index (χ2v) is 5.86. The van der Waals surface area contributed by atoms with Gasteiger partial charge in [-0.15, -0.1) is 0 Å². The van der Waals surface area contributed by atoms with E-state index >= 15 is 0 Å². The molecule has 4 heteroatoms. The van der Waals surface area contributed by atoms with Gasteiger partial charge in [0.05, 0.1) is 12.6 Å². The number of fused-ring (bicyclic) bond motifs is 1. The molecular weight excluding hydrogens is 264 g/mol. The van der Waals surface area contributed by atoms with Crippen LogP contribution in [0.2, 0.25) is 0 Å². The third kappa shape index (κ3) is 2.80. The van der Waals surface area contributed by atoms with E-state index in [9.17, 15) is 9.90 Å². The predicted molar refractivity (Wildman–Crippen MR) is 80.5 cm³/mol. The van der Waals surface area contributed by atoms with Crippen molar-refractivity contribution in [1.82, 2.24) is 4.90 Å². The van der Waals surface area contributed by atoms with Crippen molar-refractivity contribution >= 4 is 5.91 Å². The summed E-state index contributed by atoms with van der Waals surface area (Å²) < 4.78 is 0. The van der Waals surface area contributed by atoms with Gasteiger partial charge in [0.1, 0.15) is 0 Å². The number of carbonyl (C=O) groups excluding carboxylic acids is 1. The van der Waals surface area contributed by atoms with Crippen LogP contribution < -0.4 is 5.73 Å². The van der Waals surface area contributed by atoms with Crippen molar-refractivity contribution in [3.8, 4) is 11.8 Å². The highest BCUT2D eigenvalue weighted by atomic mass is 16.3. The third-order valence-electron chi connectivity index (χ3n) is 4.57. The van der Waals surface area contributed by atoms with Gasteiger partial charge in [0.25, 0.3) is 5.91 Å². The van der Waals surface area contributed by atoms with Gasteiger partial charge in [-0.25, -0.2) is 0 Å². The fourth-order valence-corrected chi connectivity index (χ4v) is 3.43. The molecule has 0 spiro atoms. The number of carbonyl (C=O) groups is 1. The third-order valence-corrected chi connectivity index (χ3v) is 4.57. The van der Waals surface area contributed by atoms with Crippen LogP contribution in [0.5, 0.6) is 0 Å². The number of amides is 1. The minimum atomic E-state index is -0.235. The van der Waals surface area contributed by atoms with Crippen LogP contribution in [0.1, 0.15) is 28.8 Å². The molecular formula is C17H20N2O2. The van der Waals surface area contributed by atoms with E-state index in [1.54, 1.807) is 0 Å². The topological polar surface area (TPSA) is 66.6 Å². The van der Waals surface area contributed by atoms with Crippen LogP contribution in [0.25, 0.3) is 0 Å². The van der Waals surface area contributed by atoms with Crippen molar-refractivity contribution in [3.05, 3.63) is 35.4 Å². The molecule has 110 valence electrons. The summed E-state index contributed by atoms with van der Waals surface area (Å²) in [4.78, 5) is 14.4. The van der Waals surface area contributed by atoms with Crippen molar-refractivity contribution in [3.63, 3.8) is 0 Å². The Morgan fingerprint density at radius 1 is 1.29 bits per heavy atom.